The summed E-state index contributed by atoms with van der Waals surface area (Å²) in [5.41, 5.74) is -0.102. The maximum atomic E-state index is 11.5. The first-order valence-corrected chi connectivity index (χ1v) is 10.0. The first kappa shape index (κ1) is 19.2. The van der Waals surface area contributed by atoms with Crippen molar-refractivity contribution in [1.82, 2.24) is 15.0 Å². The van der Waals surface area contributed by atoms with Gasteiger partial charge in [0.25, 0.3) is 20.2 Å². The van der Waals surface area contributed by atoms with E-state index in [1.807, 2.05) is 0 Å². The SMILES string of the molecule is O=S(=O)(O)c1cc(O)c2c(Nc3n[c]nc(Cl)n3)cc(S(=O)(=O)O)cc2c1. The number of nitrogens with zero attached hydrogens (tertiary/aromatic N) is 3. The van der Waals surface area contributed by atoms with Crippen LogP contribution in [0.5, 0.6) is 5.75 Å². The molecule has 2 aromatic carbocycles. The van der Waals surface area contributed by atoms with Crippen LogP contribution in [-0.4, -0.2) is 46.0 Å². The molecule has 0 aliphatic rings. The van der Waals surface area contributed by atoms with Gasteiger partial charge >= 0.3 is 0 Å². The van der Waals surface area contributed by atoms with Gasteiger partial charge in [-0.05, 0) is 35.2 Å². The van der Waals surface area contributed by atoms with E-state index in [9.17, 15) is 26.5 Å². The second-order valence-corrected chi connectivity index (χ2v) is 8.30. The van der Waals surface area contributed by atoms with Gasteiger partial charge in [0.2, 0.25) is 17.6 Å². The van der Waals surface area contributed by atoms with Crippen LogP contribution in [0.1, 0.15) is 0 Å². The Bertz CT molecular complexity index is 1270. The minimum absolute atomic E-state index is 0.0358. The summed E-state index contributed by atoms with van der Waals surface area (Å²) in [7, 11) is -9.39. The van der Waals surface area contributed by atoms with Crippen LogP contribution >= 0.6 is 11.6 Å². The molecule has 1 radical (unpaired) electrons. The molecule has 0 unspecified atom stereocenters. The third-order valence-corrected chi connectivity index (χ3v) is 5.15. The monoisotopic (exact) mass is 431 g/mol. The lowest BCUT2D eigenvalue weighted by Gasteiger charge is -2.13. The van der Waals surface area contributed by atoms with E-state index < -0.39 is 35.8 Å². The van der Waals surface area contributed by atoms with Crippen molar-refractivity contribution in [3.05, 3.63) is 35.9 Å². The molecule has 0 aliphatic carbocycles. The molecule has 0 saturated heterocycles. The molecule has 0 saturated carbocycles. The van der Waals surface area contributed by atoms with Crippen molar-refractivity contribution < 1.29 is 31.0 Å². The van der Waals surface area contributed by atoms with Crippen molar-refractivity contribution in [2.75, 3.05) is 5.32 Å². The lowest BCUT2D eigenvalue weighted by atomic mass is 10.1. The van der Waals surface area contributed by atoms with E-state index >= 15 is 0 Å². The molecule has 0 amide bonds. The Hall–Kier alpha value is -2.58. The number of fused-ring (bicyclic) bond motifs is 1. The average molecular weight is 432 g/mol. The largest absolute Gasteiger partial charge is 0.507 e. The molecule has 0 spiro atoms. The predicted molar refractivity (Wildman–Crippen MR) is 92.2 cm³/mol. The van der Waals surface area contributed by atoms with Gasteiger partial charge < -0.3 is 10.4 Å². The van der Waals surface area contributed by atoms with Crippen LogP contribution in [0.2, 0.25) is 5.28 Å². The van der Waals surface area contributed by atoms with E-state index in [4.69, 9.17) is 16.2 Å². The van der Waals surface area contributed by atoms with Crippen LogP contribution < -0.4 is 5.32 Å². The molecule has 0 aliphatic heterocycles. The van der Waals surface area contributed by atoms with Crippen molar-refractivity contribution in [3.63, 3.8) is 0 Å². The number of nitrogens with one attached hydrogen (secondary N) is 1. The Labute approximate surface area is 157 Å². The Balaban J connectivity index is 2.33. The quantitative estimate of drug-likeness (QED) is 0.438. The molecule has 11 nitrogen and oxygen atoms in total. The number of phenolic OH excluding ortho intramolecular Hbond substituents is 1. The van der Waals surface area contributed by atoms with Crippen LogP contribution in [-0.2, 0) is 20.2 Å². The summed E-state index contributed by atoms with van der Waals surface area (Å²) < 4.78 is 64.2. The van der Waals surface area contributed by atoms with Gasteiger partial charge in [-0.3, -0.25) is 9.11 Å². The van der Waals surface area contributed by atoms with Gasteiger partial charge in [-0.25, -0.2) is 0 Å². The molecule has 141 valence electrons. The van der Waals surface area contributed by atoms with E-state index in [-0.39, 0.29) is 27.7 Å². The van der Waals surface area contributed by atoms with Crippen molar-refractivity contribution >= 4 is 54.2 Å². The molecule has 3 rings (SSSR count). The summed E-state index contributed by atoms with van der Waals surface area (Å²) in [5.74, 6) is -0.768. The highest BCUT2D eigenvalue weighted by molar-refractivity contribution is 7.86. The lowest BCUT2D eigenvalue weighted by molar-refractivity contribution is 0.471. The Morgan fingerprint density at radius 1 is 0.963 bits per heavy atom. The summed E-state index contributed by atoms with van der Waals surface area (Å²) in [6.07, 6.45) is 2.19. The summed E-state index contributed by atoms with van der Waals surface area (Å²) in [5, 5.41) is 12.4. The molecule has 0 bridgehead atoms. The first-order valence-electron chi connectivity index (χ1n) is 6.75. The maximum absolute atomic E-state index is 11.5. The summed E-state index contributed by atoms with van der Waals surface area (Å²) >= 11 is 5.62. The fraction of sp³-hybridized carbons (Fsp3) is 0. The molecule has 4 N–H and O–H groups in total. The number of rotatable bonds is 4. The minimum Gasteiger partial charge on any atom is -0.507 e. The first-order chi connectivity index (χ1) is 12.4. The summed E-state index contributed by atoms with van der Waals surface area (Å²) in [6, 6.07) is 3.55. The van der Waals surface area contributed by atoms with E-state index in [1.165, 1.54) is 0 Å². The number of anilines is 2. The van der Waals surface area contributed by atoms with Crippen LogP contribution in [0.3, 0.4) is 0 Å². The van der Waals surface area contributed by atoms with Gasteiger partial charge in [0.15, 0.2) is 0 Å². The molecule has 0 fully saturated rings. The Morgan fingerprint density at radius 2 is 1.56 bits per heavy atom. The highest BCUT2D eigenvalue weighted by Crippen LogP contribution is 2.37. The molecule has 3 aromatic rings. The standard InChI is InChI=1S/C13H8ClN4O7S2/c14-12-15-5-16-13(18-12)17-9-3-7(26(20,21)22)1-6-2-8(27(23,24)25)4-10(19)11(6)9/h1-4,19H,(H,20,21,22)(H,23,24,25)(H,15,16,17,18). The van der Waals surface area contributed by atoms with E-state index in [2.05, 4.69) is 26.6 Å². The van der Waals surface area contributed by atoms with Crippen LogP contribution in [0.4, 0.5) is 11.6 Å². The van der Waals surface area contributed by atoms with Gasteiger partial charge in [-0.1, -0.05) is 0 Å². The lowest BCUT2D eigenvalue weighted by Crippen LogP contribution is -2.04. The summed E-state index contributed by atoms with van der Waals surface area (Å²) in [6.45, 7) is 0. The normalized spacial score (nSPS) is 12.3. The Kier molecular flexibility index (Phi) is 4.65. The van der Waals surface area contributed by atoms with Crippen molar-refractivity contribution in [3.8, 4) is 5.75 Å². The summed E-state index contributed by atoms with van der Waals surface area (Å²) in [4.78, 5) is 9.53. The average Bonchev–Trinajstić information content (AvgIpc) is 2.52. The molecular formula is C13H8ClN4O7S2. The van der Waals surface area contributed by atoms with Gasteiger partial charge in [0, 0.05) is 11.5 Å². The number of phenols is 1. The van der Waals surface area contributed by atoms with Crippen LogP contribution in [0.25, 0.3) is 10.8 Å². The van der Waals surface area contributed by atoms with Crippen molar-refractivity contribution in [1.29, 1.82) is 0 Å². The molecule has 0 atom stereocenters. The highest BCUT2D eigenvalue weighted by atomic mass is 35.5. The Morgan fingerprint density at radius 3 is 2.11 bits per heavy atom. The third kappa shape index (κ3) is 4.06. The van der Waals surface area contributed by atoms with Gasteiger partial charge in [-0.2, -0.15) is 31.8 Å². The maximum Gasteiger partial charge on any atom is 0.294 e. The zero-order chi connectivity index (χ0) is 20.0. The van der Waals surface area contributed by atoms with E-state index in [0.29, 0.717) is 0 Å². The minimum atomic E-state index is -4.70. The highest BCUT2D eigenvalue weighted by Gasteiger charge is 2.20. The van der Waals surface area contributed by atoms with E-state index in [1.54, 1.807) is 0 Å². The number of hydrogen-bond donors (Lipinski definition) is 4. The van der Waals surface area contributed by atoms with Crippen LogP contribution in [0.15, 0.2) is 34.1 Å². The number of aromatic nitrogens is 3. The zero-order valence-corrected chi connectivity index (χ0v) is 15.2. The second-order valence-electron chi connectivity index (χ2n) is 5.11. The smallest absolute Gasteiger partial charge is 0.294 e. The van der Waals surface area contributed by atoms with Crippen molar-refractivity contribution in [2.24, 2.45) is 0 Å². The van der Waals surface area contributed by atoms with Crippen molar-refractivity contribution in [2.45, 2.75) is 9.79 Å². The third-order valence-electron chi connectivity index (χ3n) is 3.31. The molecule has 27 heavy (non-hydrogen) atoms. The second kappa shape index (κ2) is 6.54. The molecule has 1 aromatic heterocycles. The predicted octanol–water partition coefficient (Wildman–Crippen LogP) is 1.42. The molecular weight excluding hydrogens is 424 g/mol. The zero-order valence-electron chi connectivity index (χ0n) is 12.8. The topological polar surface area (TPSA) is 180 Å². The number of halogens is 1. The molecule has 1 heterocycles. The van der Waals surface area contributed by atoms with Gasteiger partial charge in [-0.15, -0.1) is 0 Å². The van der Waals surface area contributed by atoms with E-state index in [0.717, 1.165) is 24.3 Å². The van der Waals surface area contributed by atoms with Crippen LogP contribution in [0, 0.1) is 6.33 Å². The fourth-order valence-corrected chi connectivity index (χ4v) is 3.46. The number of aromatic hydroxyl groups is 1. The molecule has 14 heteroatoms. The fourth-order valence-electron chi connectivity index (χ4n) is 2.26. The number of benzene rings is 2. The van der Waals surface area contributed by atoms with Gasteiger partial charge in [0.1, 0.15) is 5.75 Å². The number of hydrogen-bond acceptors (Lipinski definition) is 9. The van der Waals surface area contributed by atoms with Gasteiger partial charge in [0.05, 0.1) is 15.5 Å².